The largest absolute Gasteiger partial charge is 0.481 e. The number of ether oxygens (including phenoxy) is 1. The zero-order valence-corrected chi connectivity index (χ0v) is 11.4. The van der Waals surface area contributed by atoms with Crippen LogP contribution in [0.3, 0.4) is 0 Å². The molecule has 0 fully saturated rings. The molecule has 7 heteroatoms. The van der Waals surface area contributed by atoms with Gasteiger partial charge in [-0.3, -0.25) is 4.79 Å². The minimum Gasteiger partial charge on any atom is -0.481 e. The number of carboxylic acids is 1. The minimum atomic E-state index is -4.39. The van der Waals surface area contributed by atoms with Gasteiger partial charge in [-0.25, -0.2) is 0 Å². The summed E-state index contributed by atoms with van der Waals surface area (Å²) in [6.07, 6.45) is -4.40. The molecular weight excluding hydrogens is 329 g/mol. The number of carboxylic acid groups (broad SMARTS) is 1. The summed E-state index contributed by atoms with van der Waals surface area (Å²) in [5.41, 5.74) is 0.534. The highest BCUT2D eigenvalue weighted by Crippen LogP contribution is 2.23. The van der Waals surface area contributed by atoms with Crippen LogP contribution in [0.25, 0.3) is 0 Å². The standard InChI is InChI=1S/C12H12BrF3O3/c13-9-3-1-8(2-4-9)10(11(17)18)5-6-19-7-12(14,15)16/h1-4,10H,5-7H2,(H,17,18). The first kappa shape index (κ1) is 16.0. The molecular formula is C12H12BrF3O3. The molecule has 0 spiro atoms. The Hall–Kier alpha value is -1.08. The van der Waals surface area contributed by atoms with Crippen molar-refractivity contribution < 1.29 is 27.8 Å². The number of hydrogen-bond donors (Lipinski definition) is 1. The Bertz CT molecular complexity index is 417. The predicted octanol–water partition coefficient (Wildman–Crippen LogP) is 3.59. The lowest BCUT2D eigenvalue weighted by molar-refractivity contribution is -0.174. The van der Waals surface area contributed by atoms with Crippen molar-refractivity contribution >= 4 is 21.9 Å². The normalized spacial score (nSPS) is 13.3. The van der Waals surface area contributed by atoms with E-state index < -0.39 is 24.7 Å². The topological polar surface area (TPSA) is 46.5 Å². The van der Waals surface area contributed by atoms with Crippen molar-refractivity contribution in [3.05, 3.63) is 34.3 Å². The average Bonchev–Trinajstić information content (AvgIpc) is 2.29. The van der Waals surface area contributed by atoms with Gasteiger partial charge in [-0.05, 0) is 24.1 Å². The fourth-order valence-corrected chi connectivity index (χ4v) is 1.78. The van der Waals surface area contributed by atoms with Crippen LogP contribution in [-0.2, 0) is 9.53 Å². The van der Waals surface area contributed by atoms with E-state index in [-0.39, 0.29) is 13.0 Å². The van der Waals surface area contributed by atoms with Gasteiger partial charge in [-0.2, -0.15) is 13.2 Å². The molecule has 1 aromatic carbocycles. The van der Waals surface area contributed by atoms with E-state index in [1.165, 1.54) is 0 Å². The maximum Gasteiger partial charge on any atom is 0.411 e. The summed E-state index contributed by atoms with van der Waals surface area (Å²) in [6, 6.07) is 6.60. The Morgan fingerprint density at radius 2 is 1.89 bits per heavy atom. The molecule has 1 N–H and O–H groups in total. The molecule has 1 aromatic rings. The molecule has 3 nitrogen and oxygen atoms in total. The van der Waals surface area contributed by atoms with E-state index in [2.05, 4.69) is 20.7 Å². The second-order valence-electron chi connectivity index (χ2n) is 3.90. The third kappa shape index (κ3) is 6.07. The first-order chi connectivity index (χ1) is 8.79. The van der Waals surface area contributed by atoms with Gasteiger partial charge in [0.2, 0.25) is 0 Å². The summed E-state index contributed by atoms with van der Waals surface area (Å²) in [7, 11) is 0. The molecule has 0 aromatic heterocycles. The molecule has 1 unspecified atom stereocenters. The highest BCUT2D eigenvalue weighted by atomic mass is 79.9. The zero-order valence-electron chi connectivity index (χ0n) is 9.78. The Balaban J connectivity index is 2.55. The molecule has 0 saturated heterocycles. The van der Waals surface area contributed by atoms with E-state index in [9.17, 15) is 18.0 Å². The van der Waals surface area contributed by atoms with E-state index in [1.54, 1.807) is 24.3 Å². The number of carbonyl (C=O) groups is 1. The quantitative estimate of drug-likeness (QED) is 0.805. The maximum atomic E-state index is 11.9. The molecule has 19 heavy (non-hydrogen) atoms. The molecule has 0 bridgehead atoms. The van der Waals surface area contributed by atoms with Crippen LogP contribution in [0.15, 0.2) is 28.7 Å². The monoisotopic (exact) mass is 340 g/mol. The zero-order chi connectivity index (χ0) is 14.5. The van der Waals surface area contributed by atoms with Crippen molar-refractivity contribution in [3.63, 3.8) is 0 Å². The lowest BCUT2D eigenvalue weighted by Crippen LogP contribution is -2.19. The summed E-state index contributed by atoms with van der Waals surface area (Å²) < 4.78 is 40.8. The van der Waals surface area contributed by atoms with Crippen LogP contribution < -0.4 is 0 Å². The summed E-state index contributed by atoms with van der Waals surface area (Å²) in [6.45, 7) is -1.62. The molecule has 0 radical (unpaired) electrons. The Labute approximate surface area is 116 Å². The van der Waals surface area contributed by atoms with Gasteiger partial charge >= 0.3 is 12.1 Å². The van der Waals surface area contributed by atoms with Crippen molar-refractivity contribution in [3.8, 4) is 0 Å². The van der Waals surface area contributed by atoms with Gasteiger partial charge in [-0.1, -0.05) is 28.1 Å². The van der Waals surface area contributed by atoms with E-state index in [0.717, 1.165) is 4.47 Å². The molecule has 0 aliphatic rings. The summed E-state index contributed by atoms with van der Waals surface area (Å²) in [5.74, 6) is -1.96. The lowest BCUT2D eigenvalue weighted by atomic mass is 9.96. The number of hydrogen-bond acceptors (Lipinski definition) is 2. The first-order valence-electron chi connectivity index (χ1n) is 5.42. The Morgan fingerprint density at radius 3 is 2.37 bits per heavy atom. The predicted molar refractivity (Wildman–Crippen MR) is 66.0 cm³/mol. The van der Waals surface area contributed by atoms with Crippen LogP contribution in [0.5, 0.6) is 0 Å². The number of benzene rings is 1. The molecule has 0 aliphatic heterocycles. The van der Waals surface area contributed by atoms with Gasteiger partial charge in [0.1, 0.15) is 6.61 Å². The summed E-state index contributed by atoms with van der Waals surface area (Å²) >= 11 is 3.22. The second kappa shape index (κ2) is 6.91. The van der Waals surface area contributed by atoms with Crippen LogP contribution in [0.2, 0.25) is 0 Å². The number of aliphatic carboxylic acids is 1. The third-order valence-electron chi connectivity index (χ3n) is 2.39. The molecule has 106 valence electrons. The molecule has 0 amide bonds. The van der Waals surface area contributed by atoms with Gasteiger partial charge < -0.3 is 9.84 Å². The third-order valence-corrected chi connectivity index (χ3v) is 2.92. The van der Waals surface area contributed by atoms with E-state index in [4.69, 9.17) is 5.11 Å². The number of halogens is 4. The van der Waals surface area contributed by atoms with Crippen LogP contribution in [-0.4, -0.2) is 30.5 Å². The van der Waals surface area contributed by atoms with E-state index in [0.29, 0.717) is 5.56 Å². The smallest absolute Gasteiger partial charge is 0.411 e. The van der Waals surface area contributed by atoms with Gasteiger partial charge in [0, 0.05) is 11.1 Å². The number of rotatable bonds is 6. The van der Waals surface area contributed by atoms with Gasteiger partial charge in [0.15, 0.2) is 0 Å². The Morgan fingerprint density at radius 1 is 1.32 bits per heavy atom. The average molecular weight is 341 g/mol. The van der Waals surface area contributed by atoms with Crippen LogP contribution in [0.4, 0.5) is 13.2 Å². The number of alkyl halides is 3. The molecule has 1 atom stereocenters. The van der Waals surface area contributed by atoms with Crippen molar-refractivity contribution in [2.45, 2.75) is 18.5 Å². The van der Waals surface area contributed by atoms with Gasteiger partial charge in [0.25, 0.3) is 0 Å². The van der Waals surface area contributed by atoms with Crippen molar-refractivity contribution in [1.82, 2.24) is 0 Å². The SMILES string of the molecule is O=C(O)C(CCOCC(F)(F)F)c1ccc(Br)cc1. The van der Waals surface area contributed by atoms with Crippen molar-refractivity contribution in [2.24, 2.45) is 0 Å². The van der Waals surface area contributed by atoms with E-state index in [1.807, 2.05) is 0 Å². The minimum absolute atomic E-state index is 0.00690. The highest BCUT2D eigenvalue weighted by molar-refractivity contribution is 9.10. The van der Waals surface area contributed by atoms with Gasteiger partial charge in [0.05, 0.1) is 5.92 Å². The molecule has 0 aliphatic carbocycles. The fourth-order valence-electron chi connectivity index (χ4n) is 1.52. The fraction of sp³-hybridized carbons (Fsp3) is 0.417. The highest BCUT2D eigenvalue weighted by Gasteiger charge is 2.28. The molecule has 1 rings (SSSR count). The van der Waals surface area contributed by atoms with Crippen LogP contribution in [0, 0.1) is 0 Å². The van der Waals surface area contributed by atoms with Crippen molar-refractivity contribution in [2.75, 3.05) is 13.2 Å². The Kier molecular flexibility index (Phi) is 5.81. The summed E-state index contributed by atoms with van der Waals surface area (Å²) in [5, 5.41) is 9.07. The first-order valence-corrected chi connectivity index (χ1v) is 6.21. The molecule has 0 heterocycles. The second-order valence-corrected chi connectivity index (χ2v) is 4.81. The van der Waals surface area contributed by atoms with Crippen LogP contribution >= 0.6 is 15.9 Å². The van der Waals surface area contributed by atoms with E-state index >= 15 is 0 Å². The maximum absolute atomic E-state index is 11.9. The van der Waals surface area contributed by atoms with Crippen molar-refractivity contribution in [1.29, 1.82) is 0 Å². The lowest BCUT2D eigenvalue weighted by Gasteiger charge is -2.13. The van der Waals surface area contributed by atoms with Crippen LogP contribution in [0.1, 0.15) is 17.9 Å². The van der Waals surface area contributed by atoms with Gasteiger partial charge in [-0.15, -0.1) is 0 Å². The summed E-state index contributed by atoms with van der Waals surface area (Å²) in [4.78, 5) is 11.1. The molecule has 0 saturated carbocycles.